The lowest BCUT2D eigenvalue weighted by Gasteiger charge is -2.12. The molecule has 0 aliphatic rings. The average Bonchev–Trinajstić information content (AvgIpc) is 3.10. The van der Waals surface area contributed by atoms with Gasteiger partial charge in [-0.2, -0.15) is 0 Å². The van der Waals surface area contributed by atoms with Crippen LogP contribution in [0.4, 0.5) is 0 Å². The first kappa shape index (κ1) is 17.5. The Bertz CT molecular complexity index is 642. The van der Waals surface area contributed by atoms with Gasteiger partial charge in [-0.05, 0) is 35.4 Å². The third kappa shape index (κ3) is 5.38. The van der Waals surface area contributed by atoms with E-state index in [9.17, 15) is 14.7 Å². The summed E-state index contributed by atoms with van der Waals surface area (Å²) < 4.78 is 0. The van der Waals surface area contributed by atoms with Crippen LogP contribution in [0.1, 0.15) is 16.5 Å². The largest absolute Gasteiger partial charge is 0.387 e. The second-order valence-corrected chi connectivity index (χ2v) is 6.67. The lowest BCUT2D eigenvalue weighted by Crippen LogP contribution is -2.41. The number of aliphatic hydroxyl groups is 1. The highest BCUT2D eigenvalue weighted by molar-refractivity contribution is 7.98. The molecule has 0 unspecified atom stereocenters. The Morgan fingerprint density at radius 3 is 2.48 bits per heavy atom. The van der Waals surface area contributed by atoms with Crippen molar-refractivity contribution in [3.8, 4) is 0 Å². The van der Waals surface area contributed by atoms with E-state index in [1.807, 2.05) is 35.9 Å². The Hall–Kier alpha value is -1.83. The van der Waals surface area contributed by atoms with E-state index >= 15 is 0 Å². The number of hydrogen-bond donors (Lipinski definition) is 3. The first-order chi connectivity index (χ1) is 11.1. The molecule has 0 bridgehead atoms. The fraction of sp³-hybridized carbons (Fsp3) is 0.250. The fourth-order valence-electron chi connectivity index (χ4n) is 1.87. The van der Waals surface area contributed by atoms with Crippen molar-refractivity contribution in [2.45, 2.75) is 17.5 Å². The van der Waals surface area contributed by atoms with Crippen molar-refractivity contribution in [3.63, 3.8) is 0 Å². The van der Waals surface area contributed by atoms with E-state index in [1.54, 1.807) is 23.9 Å². The van der Waals surface area contributed by atoms with Crippen molar-refractivity contribution in [3.05, 3.63) is 52.2 Å². The fourth-order valence-corrected chi connectivity index (χ4v) is 2.93. The van der Waals surface area contributed by atoms with Gasteiger partial charge >= 0.3 is 11.8 Å². The summed E-state index contributed by atoms with van der Waals surface area (Å²) in [6, 6.07) is 11.2. The number of thioether (sulfide) groups is 1. The summed E-state index contributed by atoms with van der Waals surface area (Å²) in [7, 11) is 0. The van der Waals surface area contributed by atoms with E-state index in [1.165, 1.54) is 11.3 Å². The standard InChI is InChI=1S/C16H18N2O3S2/c1-22-12-6-4-11(5-7-12)14(19)10-18-16(21)15(20)17-9-13-3-2-8-23-13/h2-8,14,19H,9-10H2,1H3,(H,17,20)(H,18,21)/t14-/m1/s1. The Morgan fingerprint density at radius 1 is 1.17 bits per heavy atom. The molecule has 0 aliphatic carbocycles. The second-order valence-electron chi connectivity index (χ2n) is 4.76. The minimum atomic E-state index is -0.847. The van der Waals surface area contributed by atoms with Crippen molar-refractivity contribution >= 4 is 34.9 Å². The third-order valence-corrected chi connectivity index (χ3v) is 4.79. The summed E-state index contributed by atoms with van der Waals surface area (Å²) >= 11 is 3.12. The van der Waals surface area contributed by atoms with Gasteiger partial charge in [0.25, 0.3) is 0 Å². The van der Waals surface area contributed by atoms with Crippen molar-refractivity contribution in [1.82, 2.24) is 10.6 Å². The number of nitrogens with one attached hydrogen (secondary N) is 2. The highest BCUT2D eigenvalue weighted by atomic mass is 32.2. The van der Waals surface area contributed by atoms with Crippen LogP contribution in [0.25, 0.3) is 0 Å². The minimum absolute atomic E-state index is 0.0100. The topological polar surface area (TPSA) is 78.4 Å². The number of aliphatic hydroxyl groups excluding tert-OH is 1. The number of rotatable bonds is 6. The second kappa shape index (κ2) is 8.71. The van der Waals surface area contributed by atoms with Crippen LogP contribution in [0.3, 0.4) is 0 Å². The van der Waals surface area contributed by atoms with Crippen LogP contribution in [-0.4, -0.2) is 29.7 Å². The van der Waals surface area contributed by atoms with Crippen molar-refractivity contribution in [2.24, 2.45) is 0 Å². The van der Waals surface area contributed by atoms with Crippen LogP contribution in [0.2, 0.25) is 0 Å². The van der Waals surface area contributed by atoms with E-state index < -0.39 is 17.9 Å². The van der Waals surface area contributed by atoms with E-state index in [0.29, 0.717) is 12.1 Å². The highest BCUT2D eigenvalue weighted by Crippen LogP contribution is 2.18. The normalized spacial score (nSPS) is 11.7. The number of thiophene rings is 1. The van der Waals surface area contributed by atoms with E-state index in [4.69, 9.17) is 0 Å². The average molecular weight is 350 g/mol. The molecule has 122 valence electrons. The van der Waals surface area contributed by atoms with Gasteiger partial charge < -0.3 is 15.7 Å². The molecule has 1 aromatic heterocycles. The molecule has 23 heavy (non-hydrogen) atoms. The minimum Gasteiger partial charge on any atom is -0.387 e. The van der Waals surface area contributed by atoms with Crippen molar-refractivity contribution < 1.29 is 14.7 Å². The maximum absolute atomic E-state index is 11.7. The number of benzene rings is 1. The van der Waals surface area contributed by atoms with Gasteiger partial charge in [-0.15, -0.1) is 23.1 Å². The molecule has 0 radical (unpaired) electrons. The number of hydrogen-bond acceptors (Lipinski definition) is 5. The summed E-state index contributed by atoms with van der Waals surface area (Å²) in [5, 5.41) is 16.9. The molecule has 0 fully saturated rings. The molecule has 3 N–H and O–H groups in total. The molecule has 0 saturated carbocycles. The molecule has 0 saturated heterocycles. The van der Waals surface area contributed by atoms with Crippen LogP contribution in [0.15, 0.2) is 46.7 Å². The van der Waals surface area contributed by atoms with Gasteiger partial charge in [0.05, 0.1) is 12.6 Å². The zero-order valence-electron chi connectivity index (χ0n) is 12.6. The monoisotopic (exact) mass is 350 g/mol. The van der Waals surface area contributed by atoms with Gasteiger partial charge in [-0.3, -0.25) is 9.59 Å². The molecule has 5 nitrogen and oxygen atoms in total. The summed E-state index contributed by atoms with van der Waals surface area (Å²) in [5.74, 6) is -1.45. The predicted molar refractivity (Wildman–Crippen MR) is 92.4 cm³/mol. The number of amides is 2. The smallest absolute Gasteiger partial charge is 0.309 e. The summed E-state index contributed by atoms with van der Waals surface area (Å²) in [5.41, 5.74) is 0.696. The van der Waals surface area contributed by atoms with E-state index in [-0.39, 0.29) is 6.54 Å². The zero-order valence-corrected chi connectivity index (χ0v) is 14.2. The quantitative estimate of drug-likeness (QED) is 0.549. The van der Waals surface area contributed by atoms with Crippen LogP contribution in [-0.2, 0) is 16.1 Å². The molecular weight excluding hydrogens is 332 g/mol. The van der Waals surface area contributed by atoms with Gasteiger partial charge in [0.1, 0.15) is 0 Å². The Morgan fingerprint density at radius 2 is 1.87 bits per heavy atom. The highest BCUT2D eigenvalue weighted by Gasteiger charge is 2.15. The molecule has 0 spiro atoms. The number of carbonyl (C=O) groups is 2. The van der Waals surface area contributed by atoms with Gasteiger partial charge in [0.15, 0.2) is 0 Å². The summed E-state index contributed by atoms with van der Waals surface area (Å²) in [4.78, 5) is 25.4. The Labute approximate surface area is 143 Å². The SMILES string of the molecule is CSc1ccc([C@H](O)CNC(=O)C(=O)NCc2cccs2)cc1. The molecule has 1 atom stereocenters. The van der Waals surface area contributed by atoms with Gasteiger partial charge in [-0.25, -0.2) is 0 Å². The molecule has 2 rings (SSSR count). The predicted octanol–water partition coefficient (Wildman–Crippen LogP) is 1.94. The van der Waals surface area contributed by atoms with Crippen LogP contribution in [0, 0.1) is 0 Å². The van der Waals surface area contributed by atoms with Crippen LogP contribution < -0.4 is 10.6 Å². The molecule has 1 aromatic carbocycles. The maximum atomic E-state index is 11.7. The molecular formula is C16H18N2O3S2. The van der Waals surface area contributed by atoms with Crippen molar-refractivity contribution in [1.29, 1.82) is 0 Å². The molecule has 2 amide bonds. The molecule has 0 aliphatic heterocycles. The van der Waals surface area contributed by atoms with E-state index in [2.05, 4.69) is 10.6 Å². The Balaban J connectivity index is 1.77. The van der Waals surface area contributed by atoms with Crippen LogP contribution in [0.5, 0.6) is 0 Å². The maximum Gasteiger partial charge on any atom is 0.309 e. The third-order valence-electron chi connectivity index (χ3n) is 3.17. The first-order valence-corrected chi connectivity index (χ1v) is 9.11. The number of carbonyl (C=O) groups excluding carboxylic acids is 2. The Kier molecular flexibility index (Phi) is 6.64. The molecule has 1 heterocycles. The lowest BCUT2D eigenvalue weighted by atomic mass is 10.1. The van der Waals surface area contributed by atoms with E-state index in [0.717, 1.165) is 9.77 Å². The molecule has 2 aromatic rings. The van der Waals surface area contributed by atoms with Crippen LogP contribution >= 0.6 is 23.1 Å². The lowest BCUT2D eigenvalue weighted by molar-refractivity contribution is -0.139. The molecule has 7 heteroatoms. The van der Waals surface area contributed by atoms with Gasteiger partial charge in [-0.1, -0.05) is 18.2 Å². The summed E-state index contributed by atoms with van der Waals surface area (Å²) in [6.07, 6.45) is 1.13. The first-order valence-electron chi connectivity index (χ1n) is 7.00. The van der Waals surface area contributed by atoms with Gasteiger partial charge in [0, 0.05) is 16.3 Å². The van der Waals surface area contributed by atoms with Crippen molar-refractivity contribution in [2.75, 3.05) is 12.8 Å². The van der Waals surface area contributed by atoms with Gasteiger partial charge in [0.2, 0.25) is 0 Å². The summed E-state index contributed by atoms with van der Waals surface area (Å²) in [6.45, 7) is 0.312. The zero-order chi connectivity index (χ0) is 16.7.